The molecule has 0 saturated heterocycles. The summed E-state index contributed by atoms with van der Waals surface area (Å²) >= 11 is 0. The first-order chi connectivity index (χ1) is 8.60. The summed E-state index contributed by atoms with van der Waals surface area (Å²) in [4.78, 5) is 2.62. The first-order valence-corrected chi connectivity index (χ1v) is 8.05. The number of nitrogens with one attached hydrogen (secondary N) is 1. The van der Waals surface area contributed by atoms with Gasteiger partial charge in [0.25, 0.3) is 0 Å². The zero-order valence-electron chi connectivity index (χ0n) is 13.2. The van der Waals surface area contributed by atoms with E-state index < -0.39 is 0 Å². The molecule has 0 aromatic carbocycles. The van der Waals surface area contributed by atoms with Gasteiger partial charge < -0.3 is 5.32 Å². The minimum atomic E-state index is 0.596. The van der Waals surface area contributed by atoms with Crippen LogP contribution in [0, 0.1) is 5.92 Å². The minimum absolute atomic E-state index is 0.596. The topological polar surface area (TPSA) is 15.3 Å². The highest BCUT2D eigenvalue weighted by Gasteiger charge is 2.27. The average molecular weight is 254 g/mol. The molecule has 2 atom stereocenters. The van der Waals surface area contributed by atoms with Crippen LogP contribution >= 0.6 is 0 Å². The maximum absolute atomic E-state index is 3.63. The van der Waals surface area contributed by atoms with E-state index in [1.54, 1.807) is 0 Å². The monoisotopic (exact) mass is 254 g/mol. The van der Waals surface area contributed by atoms with E-state index >= 15 is 0 Å². The van der Waals surface area contributed by atoms with Crippen LogP contribution in [0.15, 0.2) is 0 Å². The van der Waals surface area contributed by atoms with Crippen LogP contribution in [-0.2, 0) is 0 Å². The highest BCUT2D eigenvalue weighted by atomic mass is 15.2. The highest BCUT2D eigenvalue weighted by Crippen LogP contribution is 2.29. The van der Waals surface area contributed by atoms with Gasteiger partial charge in [0.2, 0.25) is 0 Å². The Morgan fingerprint density at radius 3 is 2.22 bits per heavy atom. The molecule has 0 radical (unpaired) electrons. The van der Waals surface area contributed by atoms with Crippen LogP contribution in [0.2, 0.25) is 0 Å². The van der Waals surface area contributed by atoms with Crippen molar-refractivity contribution in [2.75, 3.05) is 13.6 Å². The molecule has 1 saturated carbocycles. The van der Waals surface area contributed by atoms with Crippen molar-refractivity contribution in [3.63, 3.8) is 0 Å². The minimum Gasteiger partial charge on any atom is -0.313 e. The summed E-state index contributed by atoms with van der Waals surface area (Å²) in [5.74, 6) is 1.00. The van der Waals surface area contributed by atoms with E-state index in [1.165, 1.54) is 38.5 Å². The fourth-order valence-electron chi connectivity index (χ4n) is 3.19. The van der Waals surface area contributed by atoms with E-state index in [-0.39, 0.29) is 0 Å². The first kappa shape index (κ1) is 16.0. The Balaban J connectivity index is 2.36. The molecule has 0 aromatic rings. The van der Waals surface area contributed by atoms with Gasteiger partial charge in [0.05, 0.1) is 0 Å². The Labute approximate surface area is 115 Å². The molecule has 0 bridgehead atoms. The van der Waals surface area contributed by atoms with Crippen molar-refractivity contribution >= 4 is 0 Å². The van der Waals surface area contributed by atoms with Crippen LogP contribution < -0.4 is 5.32 Å². The molecule has 1 fully saturated rings. The largest absolute Gasteiger partial charge is 0.313 e. The summed E-state index contributed by atoms with van der Waals surface area (Å²) in [6.07, 6.45) is 8.28. The van der Waals surface area contributed by atoms with Gasteiger partial charge in [-0.1, -0.05) is 20.3 Å². The Morgan fingerprint density at radius 1 is 1.11 bits per heavy atom. The molecule has 0 aromatic heterocycles. The van der Waals surface area contributed by atoms with Crippen molar-refractivity contribution in [2.24, 2.45) is 5.92 Å². The third-order valence-electron chi connectivity index (χ3n) is 5.05. The molecule has 0 aliphatic heterocycles. The Morgan fingerprint density at radius 2 is 1.72 bits per heavy atom. The predicted molar refractivity (Wildman–Crippen MR) is 81.0 cm³/mol. The molecule has 2 unspecified atom stereocenters. The van der Waals surface area contributed by atoms with Gasteiger partial charge in [0.15, 0.2) is 0 Å². The molecule has 1 aliphatic carbocycles. The maximum Gasteiger partial charge on any atom is 0.0218 e. The summed E-state index contributed by atoms with van der Waals surface area (Å²) in [5, 5.41) is 3.63. The summed E-state index contributed by atoms with van der Waals surface area (Å²) < 4.78 is 0. The lowest BCUT2D eigenvalue weighted by atomic mass is 9.83. The molecule has 18 heavy (non-hydrogen) atoms. The number of nitrogens with zero attached hydrogens (tertiary/aromatic N) is 1. The molecular formula is C16H34N2. The van der Waals surface area contributed by atoms with Crippen molar-refractivity contribution in [1.82, 2.24) is 10.2 Å². The van der Waals surface area contributed by atoms with E-state index in [0.29, 0.717) is 12.1 Å². The van der Waals surface area contributed by atoms with E-state index in [4.69, 9.17) is 0 Å². The van der Waals surface area contributed by atoms with Crippen molar-refractivity contribution < 1.29 is 0 Å². The van der Waals surface area contributed by atoms with Gasteiger partial charge >= 0.3 is 0 Å². The molecule has 1 rings (SSSR count). The lowest BCUT2D eigenvalue weighted by Gasteiger charge is -2.40. The van der Waals surface area contributed by atoms with Crippen LogP contribution in [-0.4, -0.2) is 36.6 Å². The lowest BCUT2D eigenvalue weighted by molar-refractivity contribution is 0.109. The van der Waals surface area contributed by atoms with Crippen molar-refractivity contribution in [3.05, 3.63) is 0 Å². The zero-order chi connectivity index (χ0) is 13.5. The second kappa shape index (κ2) is 8.16. The van der Waals surface area contributed by atoms with E-state index in [9.17, 15) is 0 Å². The molecule has 0 heterocycles. The fourth-order valence-corrected chi connectivity index (χ4v) is 3.19. The quantitative estimate of drug-likeness (QED) is 0.746. The van der Waals surface area contributed by atoms with Crippen LogP contribution in [0.1, 0.15) is 66.2 Å². The maximum atomic E-state index is 3.63. The van der Waals surface area contributed by atoms with Gasteiger partial charge in [-0.25, -0.2) is 0 Å². The van der Waals surface area contributed by atoms with Gasteiger partial charge in [-0.2, -0.15) is 0 Å². The Kier molecular flexibility index (Phi) is 7.25. The van der Waals surface area contributed by atoms with Gasteiger partial charge in [-0.15, -0.1) is 0 Å². The van der Waals surface area contributed by atoms with Gasteiger partial charge in [-0.3, -0.25) is 4.90 Å². The van der Waals surface area contributed by atoms with Crippen LogP contribution in [0.25, 0.3) is 0 Å². The molecule has 108 valence electrons. The fraction of sp³-hybridized carbons (Fsp3) is 1.00. The molecule has 2 nitrogen and oxygen atoms in total. The third kappa shape index (κ3) is 4.55. The summed E-state index contributed by atoms with van der Waals surface area (Å²) in [5.41, 5.74) is 0. The first-order valence-electron chi connectivity index (χ1n) is 8.05. The van der Waals surface area contributed by atoms with E-state index in [0.717, 1.165) is 18.5 Å². The highest BCUT2D eigenvalue weighted by molar-refractivity contribution is 4.84. The average Bonchev–Trinajstić information content (AvgIpc) is 2.43. The van der Waals surface area contributed by atoms with Gasteiger partial charge in [0.1, 0.15) is 0 Å². The second-order valence-corrected chi connectivity index (χ2v) is 6.23. The SMILES string of the molecule is CCCNC(C)C(C)N(C)C1CCC(CC)CC1. The molecule has 0 spiro atoms. The number of hydrogen-bond acceptors (Lipinski definition) is 2. The second-order valence-electron chi connectivity index (χ2n) is 6.23. The molecule has 2 heteroatoms. The van der Waals surface area contributed by atoms with E-state index in [1.807, 2.05) is 0 Å². The van der Waals surface area contributed by atoms with Crippen molar-refractivity contribution in [2.45, 2.75) is 84.3 Å². The molecule has 0 amide bonds. The van der Waals surface area contributed by atoms with Gasteiger partial charge in [0, 0.05) is 18.1 Å². The summed E-state index contributed by atoms with van der Waals surface area (Å²) in [6, 6.07) is 2.05. The number of likely N-dealkylation sites (N-methyl/N-ethyl adjacent to an activating group) is 1. The normalized spacial score (nSPS) is 28.3. The summed E-state index contributed by atoms with van der Waals surface area (Å²) in [7, 11) is 2.33. The van der Waals surface area contributed by atoms with Crippen molar-refractivity contribution in [3.8, 4) is 0 Å². The molecule has 1 N–H and O–H groups in total. The zero-order valence-corrected chi connectivity index (χ0v) is 13.2. The number of rotatable bonds is 7. The number of hydrogen-bond donors (Lipinski definition) is 1. The van der Waals surface area contributed by atoms with Crippen LogP contribution in [0.5, 0.6) is 0 Å². The lowest BCUT2D eigenvalue weighted by Crippen LogP contribution is -2.50. The summed E-state index contributed by atoms with van der Waals surface area (Å²) in [6.45, 7) is 10.4. The van der Waals surface area contributed by atoms with Crippen LogP contribution in [0.4, 0.5) is 0 Å². The standard InChI is InChI=1S/C16H34N2/c1-6-12-17-13(3)14(4)18(5)16-10-8-15(7-2)9-11-16/h13-17H,6-12H2,1-5H3. The Hall–Kier alpha value is -0.0800. The Bertz CT molecular complexity index is 207. The smallest absolute Gasteiger partial charge is 0.0218 e. The van der Waals surface area contributed by atoms with E-state index in [2.05, 4.69) is 45.0 Å². The third-order valence-corrected chi connectivity index (χ3v) is 5.05. The van der Waals surface area contributed by atoms with Gasteiger partial charge in [-0.05, 0) is 65.5 Å². The molecule has 1 aliphatic rings. The van der Waals surface area contributed by atoms with Crippen molar-refractivity contribution in [1.29, 1.82) is 0 Å². The molecular weight excluding hydrogens is 220 g/mol. The van der Waals surface area contributed by atoms with Crippen LogP contribution in [0.3, 0.4) is 0 Å². The predicted octanol–water partition coefficient (Wildman–Crippen LogP) is 3.66.